The molecule has 1 amide bonds. The van der Waals surface area contributed by atoms with Crippen LogP contribution in [-0.4, -0.2) is 10.8 Å². The van der Waals surface area contributed by atoms with Gasteiger partial charge in [-0.1, -0.05) is 23.7 Å². The average molecular weight is 309 g/mol. The Bertz CT molecular complexity index is 734. The Morgan fingerprint density at radius 2 is 2.05 bits per heavy atom. The van der Waals surface area contributed by atoms with Gasteiger partial charge < -0.3 is 5.32 Å². The molecule has 0 bridgehead atoms. The molecule has 7 heteroatoms. The number of amides is 1. The van der Waals surface area contributed by atoms with Crippen molar-refractivity contribution in [2.75, 3.05) is 5.32 Å². The molecule has 0 aliphatic rings. The number of benzene rings is 2. The molecule has 2 rings (SSSR count). The van der Waals surface area contributed by atoms with E-state index in [4.69, 9.17) is 11.6 Å². The summed E-state index contributed by atoms with van der Waals surface area (Å²) in [6, 6.07) is 8.10. The molecule has 108 valence electrons. The van der Waals surface area contributed by atoms with Crippen LogP contribution in [0.1, 0.15) is 15.9 Å². The molecule has 0 aliphatic heterocycles. The van der Waals surface area contributed by atoms with Gasteiger partial charge in [-0.2, -0.15) is 0 Å². The molecule has 0 spiro atoms. The van der Waals surface area contributed by atoms with E-state index < -0.39 is 16.6 Å². The highest BCUT2D eigenvalue weighted by Gasteiger charge is 2.23. The Kier molecular flexibility index (Phi) is 4.18. The zero-order chi connectivity index (χ0) is 15.6. The summed E-state index contributed by atoms with van der Waals surface area (Å²) in [6.45, 7) is 1.53. The van der Waals surface area contributed by atoms with Crippen molar-refractivity contribution in [2.24, 2.45) is 0 Å². The lowest BCUT2D eigenvalue weighted by molar-refractivity contribution is -0.385. The van der Waals surface area contributed by atoms with Gasteiger partial charge in [-0.15, -0.1) is 0 Å². The highest BCUT2D eigenvalue weighted by Crippen LogP contribution is 2.25. The highest BCUT2D eigenvalue weighted by atomic mass is 35.5. The monoisotopic (exact) mass is 308 g/mol. The molecule has 5 nitrogen and oxygen atoms in total. The fourth-order valence-electron chi connectivity index (χ4n) is 1.87. The molecule has 0 saturated carbocycles. The quantitative estimate of drug-likeness (QED) is 0.689. The molecule has 0 radical (unpaired) electrons. The molecule has 0 unspecified atom stereocenters. The van der Waals surface area contributed by atoms with Gasteiger partial charge in [0.2, 0.25) is 0 Å². The maximum Gasteiger partial charge on any atom is 0.285 e. The summed E-state index contributed by atoms with van der Waals surface area (Å²) in [5.41, 5.74) is -0.178. The van der Waals surface area contributed by atoms with Gasteiger partial charge in [-0.05, 0) is 31.2 Å². The number of halogens is 2. The van der Waals surface area contributed by atoms with Gasteiger partial charge in [0.05, 0.1) is 10.6 Å². The number of aryl methyl sites for hydroxylation is 1. The van der Waals surface area contributed by atoms with E-state index in [1.165, 1.54) is 37.3 Å². The second-order valence-electron chi connectivity index (χ2n) is 4.31. The van der Waals surface area contributed by atoms with E-state index in [2.05, 4.69) is 5.32 Å². The predicted octanol–water partition coefficient (Wildman–Crippen LogP) is 3.95. The summed E-state index contributed by atoms with van der Waals surface area (Å²) in [4.78, 5) is 22.5. The first-order valence-corrected chi connectivity index (χ1v) is 6.28. The zero-order valence-electron chi connectivity index (χ0n) is 10.9. The topological polar surface area (TPSA) is 72.2 Å². The van der Waals surface area contributed by atoms with E-state index in [1.807, 2.05) is 0 Å². The summed E-state index contributed by atoms with van der Waals surface area (Å²) in [5.74, 6) is -1.47. The standard InChI is InChI=1S/C14H10ClFN2O3/c1-8-3-2-4-10(13(8)18(20)21)14(19)17-12-6-5-9(15)7-11(12)16/h2-7H,1H3,(H,17,19). The van der Waals surface area contributed by atoms with Crippen LogP contribution in [0.25, 0.3) is 0 Å². The maximum absolute atomic E-state index is 13.6. The van der Waals surface area contributed by atoms with Crippen LogP contribution in [0.3, 0.4) is 0 Å². The number of carbonyl (C=O) groups is 1. The number of nitro benzene ring substituents is 1. The summed E-state index contributed by atoms with van der Waals surface area (Å²) < 4.78 is 13.6. The van der Waals surface area contributed by atoms with Crippen molar-refractivity contribution < 1.29 is 14.1 Å². The van der Waals surface area contributed by atoms with Crippen LogP contribution < -0.4 is 5.32 Å². The fraction of sp³-hybridized carbons (Fsp3) is 0.0714. The number of hydrogen-bond donors (Lipinski definition) is 1. The van der Waals surface area contributed by atoms with E-state index in [-0.39, 0.29) is 22.0 Å². The second kappa shape index (κ2) is 5.88. The molecule has 0 aliphatic carbocycles. The van der Waals surface area contributed by atoms with E-state index in [0.29, 0.717) is 5.56 Å². The van der Waals surface area contributed by atoms with E-state index >= 15 is 0 Å². The van der Waals surface area contributed by atoms with Crippen LogP contribution in [0.5, 0.6) is 0 Å². The van der Waals surface area contributed by atoms with Crippen molar-refractivity contribution in [1.29, 1.82) is 0 Å². The second-order valence-corrected chi connectivity index (χ2v) is 4.74. The molecule has 0 aromatic heterocycles. The molecule has 2 aromatic carbocycles. The first-order chi connectivity index (χ1) is 9.90. The van der Waals surface area contributed by atoms with Crippen molar-refractivity contribution in [2.45, 2.75) is 6.92 Å². The van der Waals surface area contributed by atoms with Gasteiger partial charge >= 0.3 is 0 Å². The summed E-state index contributed by atoms with van der Waals surface area (Å²) >= 11 is 5.62. The van der Waals surface area contributed by atoms with Crippen molar-refractivity contribution in [3.8, 4) is 0 Å². The summed E-state index contributed by atoms with van der Waals surface area (Å²) in [7, 11) is 0. The zero-order valence-corrected chi connectivity index (χ0v) is 11.6. The molecular weight excluding hydrogens is 299 g/mol. The van der Waals surface area contributed by atoms with E-state index in [1.54, 1.807) is 0 Å². The van der Waals surface area contributed by atoms with Crippen LogP contribution in [0.4, 0.5) is 15.8 Å². The number of para-hydroxylation sites is 1. The normalized spacial score (nSPS) is 10.2. The number of nitro groups is 1. The number of rotatable bonds is 3. The Labute approximate surface area is 124 Å². The summed E-state index contributed by atoms with van der Waals surface area (Å²) in [5, 5.41) is 13.5. The fourth-order valence-corrected chi connectivity index (χ4v) is 2.02. The molecule has 1 N–H and O–H groups in total. The lowest BCUT2D eigenvalue weighted by Gasteiger charge is -2.08. The van der Waals surface area contributed by atoms with Crippen molar-refractivity contribution >= 4 is 28.9 Å². The summed E-state index contributed by atoms with van der Waals surface area (Å²) in [6.07, 6.45) is 0. The molecule has 2 aromatic rings. The minimum Gasteiger partial charge on any atom is -0.319 e. The highest BCUT2D eigenvalue weighted by molar-refractivity contribution is 6.30. The van der Waals surface area contributed by atoms with E-state index in [0.717, 1.165) is 6.07 Å². The number of nitrogens with zero attached hydrogens (tertiary/aromatic N) is 1. The maximum atomic E-state index is 13.6. The Morgan fingerprint density at radius 3 is 2.67 bits per heavy atom. The largest absolute Gasteiger partial charge is 0.319 e. The van der Waals surface area contributed by atoms with Crippen LogP contribution in [-0.2, 0) is 0 Å². The van der Waals surface area contributed by atoms with Crippen LogP contribution in [0.15, 0.2) is 36.4 Å². The lowest BCUT2D eigenvalue weighted by atomic mass is 10.1. The third kappa shape index (κ3) is 3.17. The third-order valence-electron chi connectivity index (χ3n) is 2.84. The molecule has 0 heterocycles. The van der Waals surface area contributed by atoms with Crippen molar-refractivity contribution in [3.63, 3.8) is 0 Å². The van der Waals surface area contributed by atoms with Gasteiger partial charge in [-0.3, -0.25) is 14.9 Å². The number of hydrogen-bond acceptors (Lipinski definition) is 3. The minimum atomic E-state index is -0.758. The van der Waals surface area contributed by atoms with Gasteiger partial charge in [-0.25, -0.2) is 4.39 Å². The smallest absolute Gasteiger partial charge is 0.285 e. The number of nitrogens with one attached hydrogen (secondary N) is 1. The Morgan fingerprint density at radius 1 is 1.33 bits per heavy atom. The van der Waals surface area contributed by atoms with Crippen LogP contribution in [0, 0.1) is 22.9 Å². The first kappa shape index (κ1) is 14.9. The predicted molar refractivity (Wildman–Crippen MR) is 77.2 cm³/mol. The van der Waals surface area contributed by atoms with Crippen molar-refractivity contribution in [3.05, 3.63) is 68.5 Å². The van der Waals surface area contributed by atoms with E-state index in [9.17, 15) is 19.3 Å². The van der Waals surface area contributed by atoms with Crippen LogP contribution in [0.2, 0.25) is 5.02 Å². The first-order valence-electron chi connectivity index (χ1n) is 5.90. The SMILES string of the molecule is Cc1cccc(C(=O)Nc2ccc(Cl)cc2F)c1[N+](=O)[O-]. The molecule has 21 heavy (non-hydrogen) atoms. The van der Waals surface area contributed by atoms with Crippen LogP contribution >= 0.6 is 11.6 Å². The van der Waals surface area contributed by atoms with Crippen molar-refractivity contribution in [1.82, 2.24) is 0 Å². The molecular formula is C14H10ClFN2O3. The minimum absolute atomic E-state index is 0.0970. The third-order valence-corrected chi connectivity index (χ3v) is 3.08. The molecule has 0 fully saturated rings. The number of anilines is 1. The van der Waals surface area contributed by atoms with Gasteiger partial charge in [0.1, 0.15) is 11.4 Å². The van der Waals surface area contributed by atoms with Gasteiger partial charge in [0.25, 0.3) is 11.6 Å². The average Bonchev–Trinajstić information content (AvgIpc) is 2.41. The molecule has 0 saturated heterocycles. The Balaban J connectivity index is 2.37. The Hall–Kier alpha value is -2.47. The van der Waals surface area contributed by atoms with Gasteiger partial charge in [0.15, 0.2) is 0 Å². The van der Waals surface area contributed by atoms with Gasteiger partial charge in [0, 0.05) is 10.6 Å². The lowest BCUT2D eigenvalue weighted by Crippen LogP contribution is -2.15. The molecule has 0 atom stereocenters. The number of carbonyl (C=O) groups excluding carboxylic acids is 1.